The van der Waals surface area contributed by atoms with Crippen LogP contribution in [0.15, 0.2) is 0 Å². The first kappa shape index (κ1) is 10.4. The van der Waals surface area contributed by atoms with Gasteiger partial charge >= 0.3 is 0 Å². The van der Waals surface area contributed by atoms with Gasteiger partial charge < -0.3 is 5.73 Å². The van der Waals surface area contributed by atoms with Gasteiger partial charge in [-0.1, -0.05) is 34.1 Å². The van der Waals surface area contributed by atoms with Gasteiger partial charge in [0.05, 0.1) is 0 Å². The highest BCUT2D eigenvalue weighted by Crippen LogP contribution is 2.58. The Morgan fingerprint density at radius 2 is 2.08 bits per heavy atom. The van der Waals surface area contributed by atoms with Crippen molar-refractivity contribution in [1.82, 2.24) is 0 Å². The number of hydrogen-bond acceptors (Lipinski definition) is 2. The molecule has 0 aliphatic heterocycles. The van der Waals surface area contributed by atoms with E-state index in [1.807, 2.05) is 0 Å². The standard InChI is InChI=1S/C10H21NS/c1-5-8-6-10(8,7-11)12-9(2,3)4/h8H,5-7,11H2,1-4H3. The van der Waals surface area contributed by atoms with Gasteiger partial charge in [-0.05, 0) is 12.3 Å². The van der Waals surface area contributed by atoms with E-state index in [-0.39, 0.29) is 0 Å². The fourth-order valence-electron chi connectivity index (χ4n) is 1.90. The molecule has 72 valence electrons. The zero-order valence-electron chi connectivity index (χ0n) is 8.68. The van der Waals surface area contributed by atoms with Crippen molar-refractivity contribution in [3.05, 3.63) is 0 Å². The Kier molecular flexibility index (Phi) is 2.79. The molecule has 1 nitrogen and oxygen atoms in total. The van der Waals surface area contributed by atoms with Crippen LogP contribution in [0.25, 0.3) is 0 Å². The van der Waals surface area contributed by atoms with Crippen LogP contribution < -0.4 is 5.73 Å². The Balaban J connectivity index is 2.50. The average Bonchev–Trinajstić information content (AvgIpc) is 2.60. The molecule has 2 unspecified atom stereocenters. The fraction of sp³-hybridized carbons (Fsp3) is 1.00. The SMILES string of the molecule is CCC1CC1(CN)SC(C)(C)C. The third-order valence-electron chi connectivity index (χ3n) is 2.52. The van der Waals surface area contributed by atoms with Gasteiger partial charge in [0.15, 0.2) is 0 Å². The van der Waals surface area contributed by atoms with Crippen LogP contribution in [0.3, 0.4) is 0 Å². The van der Waals surface area contributed by atoms with Crippen LogP contribution in [0, 0.1) is 5.92 Å². The lowest BCUT2D eigenvalue weighted by Gasteiger charge is -2.25. The largest absolute Gasteiger partial charge is 0.329 e. The van der Waals surface area contributed by atoms with Crippen LogP contribution >= 0.6 is 11.8 Å². The van der Waals surface area contributed by atoms with Crippen LogP contribution in [-0.2, 0) is 0 Å². The van der Waals surface area contributed by atoms with Crippen LogP contribution in [0.2, 0.25) is 0 Å². The molecule has 2 heteroatoms. The Morgan fingerprint density at radius 3 is 2.33 bits per heavy atom. The van der Waals surface area contributed by atoms with Crippen LogP contribution in [0.1, 0.15) is 40.5 Å². The van der Waals surface area contributed by atoms with Crippen molar-refractivity contribution in [3.8, 4) is 0 Å². The molecule has 0 radical (unpaired) electrons. The molecule has 0 aromatic carbocycles. The van der Waals surface area contributed by atoms with E-state index in [0.29, 0.717) is 9.49 Å². The molecule has 2 atom stereocenters. The van der Waals surface area contributed by atoms with Crippen LogP contribution in [0.4, 0.5) is 0 Å². The molecule has 1 rings (SSSR count). The van der Waals surface area contributed by atoms with Gasteiger partial charge in [0.2, 0.25) is 0 Å². The molecular weight excluding hydrogens is 166 g/mol. The smallest absolute Gasteiger partial charge is 0.0319 e. The molecule has 0 amide bonds. The molecule has 0 bridgehead atoms. The molecule has 1 aliphatic rings. The molecule has 0 aromatic rings. The van der Waals surface area contributed by atoms with Gasteiger partial charge in [-0.15, -0.1) is 11.8 Å². The summed E-state index contributed by atoms with van der Waals surface area (Å²) < 4.78 is 0.802. The third kappa shape index (κ3) is 2.17. The van der Waals surface area contributed by atoms with Gasteiger partial charge in [0.1, 0.15) is 0 Å². The maximum atomic E-state index is 5.82. The molecule has 0 heterocycles. The normalized spacial score (nSPS) is 35.2. The van der Waals surface area contributed by atoms with Crippen LogP contribution in [0.5, 0.6) is 0 Å². The lowest BCUT2D eigenvalue weighted by molar-refractivity contribution is 0.702. The van der Waals surface area contributed by atoms with Crippen molar-refractivity contribution in [2.45, 2.75) is 50.0 Å². The van der Waals surface area contributed by atoms with E-state index in [0.717, 1.165) is 12.5 Å². The number of rotatable bonds is 3. The summed E-state index contributed by atoms with van der Waals surface area (Å²) in [6.45, 7) is 9.96. The summed E-state index contributed by atoms with van der Waals surface area (Å²) in [5, 5.41) is 0. The topological polar surface area (TPSA) is 26.0 Å². The predicted molar refractivity (Wildman–Crippen MR) is 57.5 cm³/mol. The first-order valence-electron chi connectivity index (χ1n) is 4.84. The Labute approximate surface area is 80.5 Å². The summed E-state index contributed by atoms with van der Waals surface area (Å²) in [6, 6.07) is 0. The van der Waals surface area contributed by atoms with Crippen LogP contribution in [-0.4, -0.2) is 16.0 Å². The second kappa shape index (κ2) is 3.22. The minimum atomic E-state index is 0.364. The minimum Gasteiger partial charge on any atom is -0.329 e. The van der Waals surface area contributed by atoms with Crippen molar-refractivity contribution in [3.63, 3.8) is 0 Å². The lowest BCUT2D eigenvalue weighted by atomic mass is 10.2. The van der Waals surface area contributed by atoms with E-state index < -0.39 is 0 Å². The Bertz CT molecular complexity index is 162. The van der Waals surface area contributed by atoms with Crippen molar-refractivity contribution in [1.29, 1.82) is 0 Å². The minimum absolute atomic E-state index is 0.364. The van der Waals surface area contributed by atoms with Gasteiger partial charge in [-0.25, -0.2) is 0 Å². The number of thioether (sulfide) groups is 1. The summed E-state index contributed by atoms with van der Waals surface area (Å²) in [5.74, 6) is 0.881. The molecular formula is C10H21NS. The molecule has 1 aliphatic carbocycles. The lowest BCUT2D eigenvalue weighted by Crippen LogP contribution is -2.26. The van der Waals surface area contributed by atoms with E-state index in [2.05, 4.69) is 39.5 Å². The van der Waals surface area contributed by atoms with E-state index >= 15 is 0 Å². The van der Waals surface area contributed by atoms with E-state index in [1.165, 1.54) is 12.8 Å². The van der Waals surface area contributed by atoms with Crippen molar-refractivity contribution in [2.75, 3.05) is 6.54 Å². The first-order chi connectivity index (χ1) is 5.43. The molecule has 2 N–H and O–H groups in total. The van der Waals surface area contributed by atoms with Gasteiger partial charge in [-0.2, -0.15) is 0 Å². The second-order valence-electron chi connectivity index (χ2n) is 4.79. The van der Waals surface area contributed by atoms with Gasteiger partial charge in [-0.3, -0.25) is 0 Å². The monoisotopic (exact) mass is 187 g/mol. The van der Waals surface area contributed by atoms with Crippen molar-refractivity contribution >= 4 is 11.8 Å². The van der Waals surface area contributed by atoms with Crippen molar-refractivity contribution in [2.24, 2.45) is 11.7 Å². The molecule has 0 saturated heterocycles. The molecule has 0 aromatic heterocycles. The summed E-state index contributed by atoms with van der Waals surface area (Å²) in [4.78, 5) is 0. The van der Waals surface area contributed by atoms with Crippen molar-refractivity contribution < 1.29 is 0 Å². The number of nitrogens with two attached hydrogens (primary N) is 1. The predicted octanol–water partition coefficient (Wildman–Crippen LogP) is 2.65. The van der Waals surface area contributed by atoms with E-state index in [1.54, 1.807) is 0 Å². The highest BCUT2D eigenvalue weighted by molar-refractivity contribution is 8.02. The quantitative estimate of drug-likeness (QED) is 0.735. The highest BCUT2D eigenvalue weighted by atomic mass is 32.2. The van der Waals surface area contributed by atoms with E-state index in [9.17, 15) is 0 Å². The summed E-state index contributed by atoms with van der Waals surface area (Å²) in [6.07, 6.45) is 2.63. The third-order valence-corrected chi connectivity index (χ3v) is 4.21. The Morgan fingerprint density at radius 1 is 1.50 bits per heavy atom. The average molecular weight is 187 g/mol. The maximum absolute atomic E-state index is 5.82. The summed E-state index contributed by atoms with van der Waals surface area (Å²) >= 11 is 2.08. The van der Waals surface area contributed by atoms with Gasteiger partial charge in [0, 0.05) is 16.0 Å². The highest BCUT2D eigenvalue weighted by Gasteiger charge is 2.53. The summed E-state index contributed by atoms with van der Waals surface area (Å²) in [5.41, 5.74) is 5.82. The fourth-order valence-corrected chi connectivity index (χ4v) is 3.82. The second-order valence-corrected chi connectivity index (χ2v) is 7.03. The van der Waals surface area contributed by atoms with E-state index in [4.69, 9.17) is 5.73 Å². The Hall–Kier alpha value is 0.310. The maximum Gasteiger partial charge on any atom is 0.0319 e. The first-order valence-corrected chi connectivity index (χ1v) is 5.65. The zero-order chi connectivity index (χ0) is 9.41. The summed E-state index contributed by atoms with van der Waals surface area (Å²) in [7, 11) is 0. The van der Waals surface area contributed by atoms with Gasteiger partial charge in [0.25, 0.3) is 0 Å². The molecule has 1 fully saturated rings. The molecule has 0 spiro atoms. The molecule has 1 saturated carbocycles. The zero-order valence-corrected chi connectivity index (χ0v) is 9.50. The molecule has 12 heavy (non-hydrogen) atoms. The number of hydrogen-bond donors (Lipinski definition) is 1.